The van der Waals surface area contributed by atoms with Crippen molar-refractivity contribution in [3.8, 4) is 0 Å². The molecule has 1 aromatic carbocycles. The van der Waals surface area contributed by atoms with Crippen LogP contribution in [0.15, 0.2) is 16.5 Å². The van der Waals surface area contributed by atoms with Crippen molar-refractivity contribution in [3.63, 3.8) is 0 Å². The summed E-state index contributed by atoms with van der Waals surface area (Å²) in [6.07, 6.45) is 0. The summed E-state index contributed by atoms with van der Waals surface area (Å²) in [4.78, 5) is 0. The Morgan fingerprint density at radius 2 is 2.12 bits per heavy atom. The van der Waals surface area contributed by atoms with Crippen molar-refractivity contribution < 1.29 is 13.2 Å². The van der Waals surface area contributed by atoms with Crippen LogP contribution in [0.2, 0.25) is 0 Å². The van der Waals surface area contributed by atoms with Gasteiger partial charge in [0.25, 0.3) is 0 Å². The van der Waals surface area contributed by atoms with E-state index in [-0.39, 0.29) is 24.1 Å². The van der Waals surface area contributed by atoms with Crippen LogP contribution in [0, 0.1) is 18.6 Å². The number of hydrogen-bond donors (Lipinski definition) is 2. The summed E-state index contributed by atoms with van der Waals surface area (Å²) in [5.41, 5.74) is 5.26. The van der Waals surface area contributed by atoms with E-state index in [0.717, 1.165) is 6.07 Å². The molecule has 5 nitrogen and oxygen atoms in total. The van der Waals surface area contributed by atoms with E-state index < -0.39 is 11.6 Å². The fourth-order valence-electron chi connectivity index (χ4n) is 1.26. The van der Waals surface area contributed by atoms with Gasteiger partial charge in [0.15, 0.2) is 5.82 Å². The smallest absolute Gasteiger partial charge is 0.320 e. The van der Waals surface area contributed by atoms with Gasteiger partial charge >= 0.3 is 6.01 Å². The Hall–Kier alpha value is -2.02. The first kappa shape index (κ1) is 11.5. The van der Waals surface area contributed by atoms with Crippen LogP contribution in [0.4, 0.5) is 20.5 Å². The molecule has 0 amide bonds. The van der Waals surface area contributed by atoms with E-state index in [2.05, 4.69) is 15.5 Å². The third kappa shape index (κ3) is 2.23. The van der Waals surface area contributed by atoms with E-state index in [4.69, 9.17) is 10.2 Å². The van der Waals surface area contributed by atoms with Crippen molar-refractivity contribution in [1.82, 2.24) is 10.2 Å². The zero-order valence-corrected chi connectivity index (χ0v) is 9.00. The van der Waals surface area contributed by atoms with Crippen LogP contribution < -0.4 is 11.1 Å². The van der Waals surface area contributed by atoms with Gasteiger partial charge in [-0.2, -0.15) is 0 Å². The Bertz CT molecular complexity index is 541. The predicted octanol–water partition coefficient (Wildman–Crippen LogP) is 1.86. The highest BCUT2D eigenvalue weighted by molar-refractivity contribution is 5.55. The molecule has 0 aliphatic heterocycles. The molecule has 90 valence electrons. The second kappa shape index (κ2) is 4.46. The lowest BCUT2D eigenvalue weighted by molar-refractivity contribution is 0.508. The topological polar surface area (TPSA) is 77.0 Å². The molecule has 0 radical (unpaired) electrons. The zero-order valence-electron chi connectivity index (χ0n) is 9.00. The van der Waals surface area contributed by atoms with Crippen molar-refractivity contribution in [1.29, 1.82) is 0 Å². The number of halogens is 2. The van der Waals surface area contributed by atoms with Crippen LogP contribution in [-0.4, -0.2) is 10.2 Å². The highest BCUT2D eigenvalue weighted by Crippen LogP contribution is 2.24. The third-order valence-electron chi connectivity index (χ3n) is 2.16. The van der Waals surface area contributed by atoms with Crippen molar-refractivity contribution >= 4 is 11.7 Å². The standard InChI is InChI=1S/C10H10F2N4O/c1-5-2-3-6(11)9(8(5)12)14-10-16-15-7(4-13)17-10/h2-3H,4,13H2,1H3,(H,14,16). The molecule has 1 aromatic heterocycles. The lowest BCUT2D eigenvalue weighted by atomic mass is 10.2. The number of nitrogens with one attached hydrogen (secondary N) is 1. The molecule has 0 saturated carbocycles. The van der Waals surface area contributed by atoms with Gasteiger partial charge in [-0.15, -0.1) is 5.10 Å². The molecule has 0 saturated heterocycles. The predicted molar refractivity (Wildman–Crippen MR) is 56.6 cm³/mol. The lowest BCUT2D eigenvalue weighted by Gasteiger charge is -2.06. The third-order valence-corrected chi connectivity index (χ3v) is 2.16. The Labute approximate surface area is 95.6 Å². The van der Waals surface area contributed by atoms with Crippen molar-refractivity contribution in [2.24, 2.45) is 5.73 Å². The van der Waals surface area contributed by atoms with Gasteiger partial charge in [-0.25, -0.2) is 8.78 Å². The van der Waals surface area contributed by atoms with Gasteiger partial charge in [-0.1, -0.05) is 11.2 Å². The molecule has 17 heavy (non-hydrogen) atoms. The van der Waals surface area contributed by atoms with E-state index >= 15 is 0 Å². The number of rotatable bonds is 3. The van der Waals surface area contributed by atoms with E-state index in [9.17, 15) is 8.78 Å². The fraction of sp³-hybridized carbons (Fsp3) is 0.200. The number of hydrogen-bond acceptors (Lipinski definition) is 5. The Morgan fingerprint density at radius 1 is 1.35 bits per heavy atom. The zero-order chi connectivity index (χ0) is 12.4. The summed E-state index contributed by atoms with van der Waals surface area (Å²) in [7, 11) is 0. The monoisotopic (exact) mass is 240 g/mol. The van der Waals surface area contributed by atoms with Gasteiger partial charge in [0, 0.05) is 0 Å². The highest BCUT2D eigenvalue weighted by atomic mass is 19.1. The maximum atomic E-state index is 13.6. The number of nitrogens with two attached hydrogens (primary N) is 1. The maximum Gasteiger partial charge on any atom is 0.320 e. The fourth-order valence-corrected chi connectivity index (χ4v) is 1.26. The molecule has 0 bridgehead atoms. The van der Waals surface area contributed by atoms with Crippen molar-refractivity contribution in [2.45, 2.75) is 13.5 Å². The Morgan fingerprint density at radius 3 is 2.76 bits per heavy atom. The molecular weight excluding hydrogens is 230 g/mol. The minimum atomic E-state index is -0.736. The first-order chi connectivity index (χ1) is 8.11. The molecule has 2 rings (SSSR count). The summed E-state index contributed by atoms with van der Waals surface area (Å²) in [6.45, 7) is 1.59. The van der Waals surface area contributed by atoms with Crippen molar-refractivity contribution in [2.75, 3.05) is 5.32 Å². The van der Waals surface area contributed by atoms with Gasteiger partial charge in [0.1, 0.15) is 11.5 Å². The SMILES string of the molecule is Cc1ccc(F)c(Nc2nnc(CN)o2)c1F. The molecular formula is C10H10F2N4O. The second-order valence-electron chi connectivity index (χ2n) is 3.38. The van der Waals surface area contributed by atoms with Crippen LogP contribution in [0.5, 0.6) is 0 Å². The maximum absolute atomic E-state index is 13.6. The molecule has 0 aliphatic rings. The first-order valence-electron chi connectivity index (χ1n) is 4.86. The van der Waals surface area contributed by atoms with E-state index in [1.807, 2.05) is 0 Å². The van der Waals surface area contributed by atoms with E-state index in [1.165, 1.54) is 13.0 Å². The van der Waals surface area contributed by atoms with Gasteiger partial charge < -0.3 is 15.5 Å². The molecule has 0 unspecified atom stereocenters. The molecule has 3 N–H and O–H groups in total. The van der Waals surface area contributed by atoms with Gasteiger partial charge in [-0.3, -0.25) is 0 Å². The summed E-state index contributed by atoms with van der Waals surface area (Å²) < 4.78 is 32.0. The average molecular weight is 240 g/mol. The average Bonchev–Trinajstić information content (AvgIpc) is 2.77. The highest BCUT2D eigenvalue weighted by Gasteiger charge is 2.14. The van der Waals surface area contributed by atoms with Crippen molar-refractivity contribution in [3.05, 3.63) is 35.2 Å². The van der Waals surface area contributed by atoms with Gasteiger partial charge in [0.2, 0.25) is 5.89 Å². The van der Waals surface area contributed by atoms with E-state index in [0.29, 0.717) is 5.56 Å². The number of aryl methyl sites for hydroxylation is 1. The molecule has 0 atom stereocenters. The van der Waals surface area contributed by atoms with Crippen LogP contribution >= 0.6 is 0 Å². The molecule has 0 aliphatic carbocycles. The Balaban J connectivity index is 2.32. The molecule has 7 heteroatoms. The van der Waals surface area contributed by atoms with Crippen LogP contribution in [-0.2, 0) is 6.54 Å². The lowest BCUT2D eigenvalue weighted by Crippen LogP contribution is -1.99. The molecule has 1 heterocycles. The quantitative estimate of drug-likeness (QED) is 0.856. The second-order valence-corrected chi connectivity index (χ2v) is 3.38. The number of aromatic nitrogens is 2. The number of benzene rings is 1. The summed E-state index contributed by atoms with van der Waals surface area (Å²) >= 11 is 0. The summed E-state index contributed by atoms with van der Waals surface area (Å²) in [6, 6.07) is 2.39. The molecule has 0 spiro atoms. The molecule has 2 aromatic rings. The van der Waals surface area contributed by atoms with Crippen LogP contribution in [0.3, 0.4) is 0 Å². The minimum absolute atomic E-state index is 0.0630. The van der Waals surface area contributed by atoms with Crippen LogP contribution in [0.25, 0.3) is 0 Å². The number of anilines is 2. The summed E-state index contributed by atoms with van der Waals surface area (Å²) in [5.74, 6) is -1.25. The Kier molecular flexibility index (Phi) is 3.01. The summed E-state index contributed by atoms with van der Waals surface area (Å²) in [5, 5.41) is 9.51. The van der Waals surface area contributed by atoms with E-state index in [1.54, 1.807) is 0 Å². The van der Waals surface area contributed by atoms with Gasteiger partial charge in [-0.05, 0) is 18.6 Å². The minimum Gasteiger partial charge on any atom is -0.406 e. The largest absolute Gasteiger partial charge is 0.406 e. The first-order valence-corrected chi connectivity index (χ1v) is 4.86. The number of nitrogens with zero attached hydrogens (tertiary/aromatic N) is 2. The van der Waals surface area contributed by atoms with Gasteiger partial charge in [0.05, 0.1) is 6.54 Å². The normalized spacial score (nSPS) is 10.6. The van der Waals surface area contributed by atoms with Crippen LogP contribution in [0.1, 0.15) is 11.5 Å². The molecule has 0 fully saturated rings.